The molecule has 0 aliphatic carbocycles. The van der Waals surface area contributed by atoms with Crippen LogP contribution < -0.4 is 15.8 Å². The molecule has 0 spiro atoms. The van der Waals surface area contributed by atoms with E-state index in [1.54, 1.807) is 24.3 Å². The third-order valence-corrected chi connectivity index (χ3v) is 2.30. The molecule has 100 valence electrons. The minimum atomic E-state index is -0.166. The number of carbonyl (C=O) groups is 1. The lowest BCUT2D eigenvalue weighted by Gasteiger charge is -2.07. The number of nitrogens with two attached hydrogens (primary N) is 1. The molecule has 1 aromatic carbocycles. The number of nitrogens with one attached hydrogen (secondary N) is 1. The van der Waals surface area contributed by atoms with Crippen LogP contribution in [0, 0.1) is 0 Å². The van der Waals surface area contributed by atoms with Crippen LogP contribution in [0.25, 0.3) is 0 Å². The van der Waals surface area contributed by atoms with Gasteiger partial charge in [0.25, 0.3) is 0 Å². The summed E-state index contributed by atoms with van der Waals surface area (Å²) in [6.07, 6.45) is 2.88. The molecule has 0 aliphatic rings. The molecule has 0 fully saturated rings. The molecular weight excluding hydrogens is 246 g/mol. The molecule has 0 saturated heterocycles. The van der Waals surface area contributed by atoms with Crippen LogP contribution in [0.4, 0.5) is 5.69 Å². The highest BCUT2D eigenvalue weighted by molar-refractivity contribution is 5.90. The molecular formula is C12H15N5O2. The van der Waals surface area contributed by atoms with Crippen molar-refractivity contribution in [1.82, 2.24) is 14.8 Å². The normalized spacial score (nSPS) is 10.2. The predicted octanol–water partition coefficient (Wildman–Crippen LogP) is 0.254. The van der Waals surface area contributed by atoms with Gasteiger partial charge in [-0.3, -0.25) is 4.79 Å². The molecule has 0 atom stereocenters. The van der Waals surface area contributed by atoms with Crippen molar-refractivity contribution in [2.45, 2.75) is 6.54 Å². The summed E-state index contributed by atoms with van der Waals surface area (Å²) in [6.45, 7) is 1.07. The van der Waals surface area contributed by atoms with Crippen molar-refractivity contribution in [2.75, 3.05) is 18.5 Å². The molecule has 7 nitrogen and oxygen atoms in total. The van der Waals surface area contributed by atoms with E-state index >= 15 is 0 Å². The molecule has 1 amide bonds. The number of anilines is 1. The Morgan fingerprint density at radius 2 is 2.16 bits per heavy atom. The lowest BCUT2D eigenvalue weighted by Crippen LogP contribution is -2.19. The summed E-state index contributed by atoms with van der Waals surface area (Å²) in [6, 6.07) is 7.09. The molecule has 19 heavy (non-hydrogen) atoms. The van der Waals surface area contributed by atoms with Crippen LogP contribution in [0.2, 0.25) is 0 Å². The lowest BCUT2D eigenvalue weighted by molar-refractivity contribution is -0.116. The van der Waals surface area contributed by atoms with E-state index in [1.807, 2.05) is 0 Å². The Balaban J connectivity index is 1.86. The van der Waals surface area contributed by atoms with E-state index in [0.29, 0.717) is 18.8 Å². The maximum Gasteiger partial charge on any atom is 0.246 e. The minimum absolute atomic E-state index is 0.130. The van der Waals surface area contributed by atoms with Crippen LogP contribution in [0.1, 0.15) is 0 Å². The Hall–Kier alpha value is -2.41. The number of ether oxygens (including phenoxy) is 1. The monoisotopic (exact) mass is 261 g/mol. The maximum absolute atomic E-state index is 11.7. The van der Waals surface area contributed by atoms with Crippen LogP contribution in [0.5, 0.6) is 5.75 Å². The molecule has 2 rings (SSSR count). The minimum Gasteiger partial charge on any atom is -0.492 e. The van der Waals surface area contributed by atoms with Gasteiger partial charge in [0.15, 0.2) is 0 Å². The van der Waals surface area contributed by atoms with E-state index < -0.39 is 0 Å². The fourth-order valence-corrected chi connectivity index (χ4v) is 1.47. The van der Waals surface area contributed by atoms with E-state index in [2.05, 4.69) is 15.4 Å². The smallest absolute Gasteiger partial charge is 0.246 e. The van der Waals surface area contributed by atoms with Crippen molar-refractivity contribution in [3.8, 4) is 5.75 Å². The van der Waals surface area contributed by atoms with E-state index in [9.17, 15) is 4.79 Å². The van der Waals surface area contributed by atoms with Crippen molar-refractivity contribution < 1.29 is 9.53 Å². The van der Waals surface area contributed by atoms with Gasteiger partial charge in [0.1, 0.15) is 31.6 Å². The fourth-order valence-electron chi connectivity index (χ4n) is 1.47. The Labute approximate surface area is 110 Å². The molecule has 0 radical (unpaired) electrons. The van der Waals surface area contributed by atoms with Crippen LogP contribution in [0.15, 0.2) is 36.9 Å². The second kappa shape index (κ2) is 6.50. The fraction of sp³-hybridized carbons (Fsp3) is 0.250. The van der Waals surface area contributed by atoms with Crippen molar-refractivity contribution in [3.63, 3.8) is 0 Å². The van der Waals surface area contributed by atoms with Crippen LogP contribution in [-0.2, 0) is 11.3 Å². The van der Waals surface area contributed by atoms with Crippen LogP contribution in [0.3, 0.4) is 0 Å². The summed E-state index contributed by atoms with van der Waals surface area (Å²) >= 11 is 0. The first-order valence-electron chi connectivity index (χ1n) is 5.83. The Kier molecular flexibility index (Phi) is 4.46. The Morgan fingerprint density at radius 3 is 2.79 bits per heavy atom. The summed E-state index contributed by atoms with van der Waals surface area (Å²) in [4.78, 5) is 15.5. The molecule has 3 N–H and O–H groups in total. The van der Waals surface area contributed by atoms with Gasteiger partial charge in [-0.1, -0.05) is 0 Å². The van der Waals surface area contributed by atoms with E-state index in [4.69, 9.17) is 10.5 Å². The lowest BCUT2D eigenvalue weighted by atomic mass is 10.3. The highest BCUT2D eigenvalue weighted by Gasteiger charge is 2.04. The number of hydrogen-bond donors (Lipinski definition) is 2. The molecule has 7 heteroatoms. The largest absolute Gasteiger partial charge is 0.492 e. The summed E-state index contributed by atoms with van der Waals surface area (Å²) in [5.41, 5.74) is 6.04. The molecule has 0 aliphatic heterocycles. The second-order valence-corrected chi connectivity index (χ2v) is 3.80. The third-order valence-electron chi connectivity index (χ3n) is 2.30. The zero-order valence-electron chi connectivity index (χ0n) is 10.3. The molecule has 0 unspecified atom stereocenters. The first kappa shape index (κ1) is 13.0. The number of aromatic nitrogens is 3. The van der Waals surface area contributed by atoms with Crippen molar-refractivity contribution in [1.29, 1.82) is 0 Å². The van der Waals surface area contributed by atoms with Gasteiger partial charge in [-0.05, 0) is 24.3 Å². The average molecular weight is 261 g/mol. The number of carbonyl (C=O) groups excluding carboxylic acids is 1. The zero-order chi connectivity index (χ0) is 13.5. The van der Waals surface area contributed by atoms with Gasteiger partial charge in [-0.2, -0.15) is 5.10 Å². The van der Waals surface area contributed by atoms with E-state index in [-0.39, 0.29) is 12.5 Å². The maximum atomic E-state index is 11.7. The van der Waals surface area contributed by atoms with Crippen molar-refractivity contribution in [2.24, 2.45) is 5.73 Å². The van der Waals surface area contributed by atoms with Gasteiger partial charge in [0, 0.05) is 12.2 Å². The quantitative estimate of drug-likeness (QED) is 0.777. The summed E-state index contributed by atoms with van der Waals surface area (Å²) in [5, 5.41) is 6.61. The van der Waals surface area contributed by atoms with Crippen molar-refractivity contribution in [3.05, 3.63) is 36.9 Å². The van der Waals surface area contributed by atoms with Crippen LogP contribution in [-0.4, -0.2) is 33.8 Å². The SMILES string of the molecule is NCCOc1ccc(NC(=O)Cn2cncn2)cc1. The van der Waals surface area contributed by atoms with E-state index in [0.717, 1.165) is 5.75 Å². The number of benzene rings is 1. The number of rotatable bonds is 6. The molecule has 0 bridgehead atoms. The van der Waals surface area contributed by atoms with Gasteiger partial charge in [-0.25, -0.2) is 9.67 Å². The molecule has 2 aromatic rings. The van der Waals surface area contributed by atoms with Gasteiger partial charge in [0.05, 0.1) is 0 Å². The second-order valence-electron chi connectivity index (χ2n) is 3.80. The highest BCUT2D eigenvalue weighted by Crippen LogP contribution is 2.15. The molecule has 1 aromatic heterocycles. The molecule has 0 saturated carbocycles. The van der Waals surface area contributed by atoms with E-state index in [1.165, 1.54) is 17.3 Å². The Bertz CT molecular complexity index is 509. The summed E-state index contributed by atoms with van der Waals surface area (Å²) in [7, 11) is 0. The topological polar surface area (TPSA) is 95.1 Å². The van der Waals surface area contributed by atoms with Gasteiger partial charge >= 0.3 is 0 Å². The number of hydrogen-bond acceptors (Lipinski definition) is 5. The summed E-state index contributed by atoms with van der Waals surface area (Å²) in [5.74, 6) is 0.556. The van der Waals surface area contributed by atoms with Gasteiger partial charge in [-0.15, -0.1) is 0 Å². The summed E-state index contributed by atoms with van der Waals surface area (Å²) < 4.78 is 6.79. The predicted molar refractivity (Wildman–Crippen MR) is 69.6 cm³/mol. The Morgan fingerprint density at radius 1 is 1.37 bits per heavy atom. The standard InChI is InChI=1S/C12H15N5O2/c13-5-6-19-11-3-1-10(2-4-11)16-12(18)7-17-9-14-8-15-17/h1-4,8-9H,5-7,13H2,(H,16,18). The first-order valence-corrected chi connectivity index (χ1v) is 5.83. The number of amides is 1. The third kappa shape index (κ3) is 4.07. The average Bonchev–Trinajstić information content (AvgIpc) is 2.90. The first-order chi connectivity index (χ1) is 9.28. The molecule has 1 heterocycles. The van der Waals surface area contributed by atoms with Gasteiger partial charge < -0.3 is 15.8 Å². The van der Waals surface area contributed by atoms with Crippen molar-refractivity contribution >= 4 is 11.6 Å². The zero-order valence-corrected chi connectivity index (χ0v) is 10.3. The highest BCUT2D eigenvalue weighted by atomic mass is 16.5. The number of nitrogens with zero attached hydrogens (tertiary/aromatic N) is 3. The van der Waals surface area contributed by atoms with Gasteiger partial charge in [0.2, 0.25) is 5.91 Å². The van der Waals surface area contributed by atoms with Crippen LogP contribution >= 0.6 is 0 Å².